The van der Waals surface area contributed by atoms with E-state index in [1.807, 2.05) is 0 Å². The highest BCUT2D eigenvalue weighted by Gasteiger charge is 2.11. The molecule has 1 aromatic heterocycles. The van der Waals surface area contributed by atoms with Gasteiger partial charge < -0.3 is 0 Å². The normalized spacial score (nSPS) is 9.85. The van der Waals surface area contributed by atoms with Crippen molar-refractivity contribution < 1.29 is 10.0 Å². The van der Waals surface area contributed by atoms with E-state index in [1.54, 1.807) is 0 Å². The molecule has 1 rings (SSSR count). The third-order valence-corrected chi connectivity index (χ3v) is 2.02. The summed E-state index contributed by atoms with van der Waals surface area (Å²) < 4.78 is 0. The molecule has 0 radical (unpaired) electrons. The van der Waals surface area contributed by atoms with Crippen LogP contribution in [0.15, 0.2) is 12.3 Å². The molecule has 0 aromatic carbocycles. The Bertz CT molecular complexity index is 341. The number of carbonyl (C=O) groups is 1. The molecule has 0 aliphatic carbocycles. The van der Waals surface area contributed by atoms with Crippen molar-refractivity contribution in [2.45, 2.75) is 0 Å². The Morgan fingerprint density at radius 2 is 2.23 bits per heavy atom. The first kappa shape index (κ1) is 10.2. The van der Waals surface area contributed by atoms with Gasteiger partial charge in [-0.3, -0.25) is 10.0 Å². The molecule has 4 nitrogen and oxygen atoms in total. The molecule has 0 fully saturated rings. The van der Waals surface area contributed by atoms with Gasteiger partial charge in [0.2, 0.25) is 0 Å². The average Bonchev–Trinajstić information content (AvgIpc) is 2.08. The number of aromatic nitrogens is 1. The van der Waals surface area contributed by atoms with Crippen LogP contribution < -0.4 is 0 Å². The minimum Gasteiger partial charge on any atom is -0.286 e. The topological polar surface area (TPSA) is 53.4 Å². The summed E-state index contributed by atoms with van der Waals surface area (Å²) in [6.07, 6.45) is 1.24. The Hall–Kier alpha value is -0.840. The lowest BCUT2D eigenvalue weighted by Crippen LogP contribution is -2.22. The van der Waals surface area contributed by atoms with Crippen LogP contribution in [0.2, 0.25) is 10.2 Å². The van der Waals surface area contributed by atoms with Crippen LogP contribution in [0.5, 0.6) is 0 Å². The van der Waals surface area contributed by atoms with Crippen molar-refractivity contribution in [3.63, 3.8) is 0 Å². The van der Waals surface area contributed by atoms with E-state index in [4.69, 9.17) is 28.4 Å². The first-order chi connectivity index (χ1) is 6.02. The Morgan fingerprint density at radius 3 is 2.69 bits per heavy atom. The molecule has 0 atom stereocenters. The smallest absolute Gasteiger partial charge is 0.278 e. The fraction of sp³-hybridized carbons (Fsp3) is 0.143. The molecule has 0 saturated carbocycles. The van der Waals surface area contributed by atoms with E-state index < -0.39 is 5.91 Å². The van der Waals surface area contributed by atoms with E-state index in [1.165, 1.54) is 19.3 Å². The summed E-state index contributed by atoms with van der Waals surface area (Å²) in [6, 6.07) is 1.34. The standard InChI is InChI=1S/C7H6Cl2N2O2/c1-11(13)7(12)4-2-5(8)6(9)10-3-4/h2-3,13H,1H3. The Kier molecular flexibility index (Phi) is 3.08. The molecule has 6 heteroatoms. The number of amides is 1. The number of pyridine rings is 1. The van der Waals surface area contributed by atoms with Gasteiger partial charge in [-0.1, -0.05) is 23.2 Å². The van der Waals surface area contributed by atoms with Crippen LogP contribution in [0.3, 0.4) is 0 Å². The second-order valence-electron chi connectivity index (χ2n) is 2.33. The van der Waals surface area contributed by atoms with Gasteiger partial charge in [-0.05, 0) is 6.07 Å². The van der Waals surface area contributed by atoms with Crippen molar-refractivity contribution in [2.75, 3.05) is 7.05 Å². The molecule has 0 aliphatic rings. The van der Waals surface area contributed by atoms with E-state index in [9.17, 15) is 4.79 Å². The van der Waals surface area contributed by atoms with Crippen molar-refractivity contribution in [1.82, 2.24) is 10.0 Å². The molecule has 1 heterocycles. The molecule has 1 N–H and O–H groups in total. The maximum atomic E-state index is 11.1. The first-order valence-electron chi connectivity index (χ1n) is 3.30. The number of hydroxylamine groups is 2. The van der Waals surface area contributed by atoms with Gasteiger partial charge >= 0.3 is 0 Å². The number of rotatable bonds is 1. The van der Waals surface area contributed by atoms with Crippen LogP contribution in [0, 0.1) is 0 Å². The summed E-state index contributed by atoms with van der Waals surface area (Å²) in [7, 11) is 1.21. The number of hydrogen-bond acceptors (Lipinski definition) is 3. The second-order valence-corrected chi connectivity index (χ2v) is 3.09. The zero-order valence-electron chi connectivity index (χ0n) is 6.66. The molecule has 0 unspecified atom stereocenters. The molecule has 0 aliphatic heterocycles. The van der Waals surface area contributed by atoms with Crippen LogP contribution >= 0.6 is 23.2 Å². The minimum atomic E-state index is -0.592. The van der Waals surface area contributed by atoms with E-state index in [2.05, 4.69) is 4.98 Å². The molecule has 0 saturated heterocycles. The van der Waals surface area contributed by atoms with E-state index >= 15 is 0 Å². The van der Waals surface area contributed by atoms with Gasteiger partial charge in [0, 0.05) is 13.2 Å². The highest BCUT2D eigenvalue weighted by molar-refractivity contribution is 6.41. The van der Waals surface area contributed by atoms with Crippen molar-refractivity contribution in [3.8, 4) is 0 Å². The van der Waals surface area contributed by atoms with E-state index in [0.29, 0.717) is 5.06 Å². The molecule has 0 spiro atoms. The number of halogens is 2. The van der Waals surface area contributed by atoms with Crippen LogP contribution in [-0.4, -0.2) is 28.2 Å². The Balaban J connectivity index is 3.04. The molecule has 0 bridgehead atoms. The number of nitrogens with zero attached hydrogens (tertiary/aromatic N) is 2. The molecule has 70 valence electrons. The molecular formula is C7H6Cl2N2O2. The molecule has 1 amide bonds. The monoisotopic (exact) mass is 220 g/mol. The fourth-order valence-corrected chi connectivity index (χ4v) is 0.995. The summed E-state index contributed by atoms with van der Waals surface area (Å²) >= 11 is 11.2. The van der Waals surface area contributed by atoms with Crippen molar-refractivity contribution in [3.05, 3.63) is 28.0 Å². The van der Waals surface area contributed by atoms with Crippen LogP contribution in [-0.2, 0) is 0 Å². The van der Waals surface area contributed by atoms with Gasteiger partial charge in [0.25, 0.3) is 5.91 Å². The lowest BCUT2D eigenvalue weighted by molar-refractivity contribution is -0.0375. The summed E-state index contributed by atoms with van der Waals surface area (Å²) in [6.45, 7) is 0. The van der Waals surface area contributed by atoms with Gasteiger partial charge in [-0.25, -0.2) is 10.0 Å². The van der Waals surface area contributed by atoms with Gasteiger partial charge in [0.05, 0.1) is 10.6 Å². The predicted octanol–water partition coefficient (Wildman–Crippen LogP) is 1.85. The number of carbonyl (C=O) groups excluding carboxylic acids is 1. The zero-order chi connectivity index (χ0) is 10.0. The number of hydrogen-bond donors (Lipinski definition) is 1. The molecule has 13 heavy (non-hydrogen) atoms. The van der Waals surface area contributed by atoms with Crippen LogP contribution in [0.4, 0.5) is 0 Å². The Labute approximate surface area is 84.7 Å². The summed E-state index contributed by atoms with van der Waals surface area (Å²) in [5.74, 6) is -0.592. The van der Waals surface area contributed by atoms with Crippen LogP contribution in [0.25, 0.3) is 0 Å². The predicted molar refractivity (Wildman–Crippen MR) is 48.1 cm³/mol. The fourth-order valence-electron chi connectivity index (χ4n) is 0.725. The van der Waals surface area contributed by atoms with Gasteiger partial charge in [0.1, 0.15) is 5.15 Å². The Morgan fingerprint density at radius 1 is 1.62 bits per heavy atom. The highest BCUT2D eigenvalue weighted by atomic mass is 35.5. The third-order valence-electron chi connectivity index (χ3n) is 1.34. The second kappa shape index (κ2) is 3.91. The van der Waals surface area contributed by atoms with Crippen LogP contribution in [0.1, 0.15) is 10.4 Å². The average molecular weight is 221 g/mol. The lowest BCUT2D eigenvalue weighted by atomic mass is 10.3. The maximum absolute atomic E-state index is 11.1. The van der Waals surface area contributed by atoms with E-state index in [-0.39, 0.29) is 15.7 Å². The first-order valence-corrected chi connectivity index (χ1v) is 4.06. The van der Waals surface area contributed by atoms with Gasteiger partial charge in [-0.2, -0.15) is 0 Å². The summed E-state index contributed by atoms with van der Waals surface area (Å²) in [5.41, 5.74) is 0.180. The summed E-state index contributed by atoms with van der Waals surface area (Å²) in [5, 5.41) is 9.56. The van der Waals surface area contributed by atoms with Crippen molar-refractivity contribution in [2.24, 2.45) is 0 Å². The minimum absolute atomic E-state index is 0.124. The third kappa shape index (κ3) is 2.30. The highest BCUT2D eigenvalue weighted by Crippen LogP contribution is 2.19. The lowest BCUT2D eigenvalue weighted by Gasteiger charge is -2.07. The van der Waals surface area contributed by atoms with Crippen molar-refractivity contribution in [1.29, 1.82) is 0 Å². The van der Waals surface area contributed by atoms with E-state index in [0.717, 1.165) is 0 Å². The quantitative estimate of drug-likeness (QED) is 0.447. The molecule has 1 aromatic rings. The summed E-state index contributed by atoms with van der Waals surface area (Å²) in [4.78, 5) is 14.8. The van der Waals surface area contributed by atoms with Gasteiger partial charge in [-0.15, -0.1) is 0 Å². The van der Waals surface area contributed by atoms with Gasteiger partial charge in [0.15, 0.2) is 0 Å². The zero-order valence-corrected chi connectivity index (χ0v) is 8.17. The SMILES string of the molecule is CN(O)C(=O)c1cnc(Cl)c(Cl)c1. The van der Waals surface area contributed by atoms with Crippen molar-refractivity contribution >= 4 is 29.1 Å². The largest absolute Gasteiger partial charge is 0.286 e. The molecular weight excluding hydrogens is 215 g/mol. The maximum Gasteiger partial charge on any atom is 0.278 e.